The molecule has 1 unspecified atom stereocenters. The van der Waals surface area contributed by atoms with Crippen LogP contribution in [-0.4, -0.2) is 11.7 Å². The number of aliphatic hydroxyl groups excluding tert-OH is 1. The second-order valence-corrected chi connectivity index (χ2v) is 5.86. The Labute approximate surface area is 123 Å². The van der Waals surface area contributed by atoms with Gasteiger partial charge in [-0.1, -0.05) is 33.6 Å². The lowest BCUT2D eigenvalue weighted by Crippen LogP contribution is -2.00. The molecule has 0 aliphatic heterocycles. The fourth-order valence-corrected chi connectivity index (χ4v) is 3.36. The van der Waals surface area contributed by atoms with Crippen molar-refractivity contribution >= 4 is 38.9 Å². The first-order valence-electron chi connectivity index (χ1n) is 5.46. The third-order valence-electron chi connectivity index (χ3n) is 2.47. The zero-order valence-corrected chi connectivity index (χ0v) is 12.8. The summed E-state index contributed by atoms with van der Waals surface area (Å²) < 4.78 is 6.21. The molecule has 1 aromatic heterocycles. The molecule has 1 atom stereocenters. The third kappa shape index (κ3) is 2.88. The van der Waals surface area contributed by atoms with Crippen molar-refractivity contribution in [3.05, 3.63) is 49.6 Å². The molecule has 0 amide bonds. The van der Waals surface area contributed by atoms with E-state index >= 15 is 0 Å². The summed E-state index contributed by atoms with van der Waals surface area (Å²) in [6, 6.07) is 7.32. The maximum atomic E-state index is 10.3. The van der Waals surface area contributed by atoms with Gasteiger partial charge in [-0.3, -0.25) is 0 Å². The molecule has 2 nitrogen and oxygen atoms in total. The molecular formula is C13H12BrClO2S. The van der Waals surface area contributed by atoms with Crippen LogP contribution >= 0.6 is 38.9 Å². The van der Waals surface area contributed by atoms with Gasteiger partial charge < -0.3 is 9.84 Å². The van der Waals surface area contributed by atoms with Gasteiger partial charge in [0, 0.05) is 10.0 Å². The van der Waals surface area contributed by atoms with Crippen LogP contribution < -0.4 is 4.74 Å². The van der Waals surface area contributed by atoms with Crippen LogP contribution in [0.3, 0.4) is 0 Å². The minimum Gasteiger partial charge on any atom is -0.494 e. The number of hydrogen-bond acceptors (Lipinski definition) is 3. The summed E-state index contributed by atoms with van der Waals surface area (Å²) in [5.74, 6) is 0.776. The maximum Gasteiger partial charge on any atom is 0.120 e. The number of rotatable bonds is 4. The molecule has 1 N–H and O–H groups in total. The highest BCUT2D eigenvalue weighted by atomic mass is 79.9. The third-order valence-corrected chi connectivity index (χ3v) is 4.57. The van der Waals surface area contributed by atoms with Crippen molar-refractivity contribution in [2.75, 3.05) is 6.61 Å². The molecular weight excluding hydrogens is 336 g/mol. The average molecular weight is 348 g/mol. The molecule has 1 heterocycles. The SMILES string of the molecule is CCOc1ccc(C(O)c2sccc2Cl)c(Br)c1. The summed E-state index contributed by atoms with van der Waals surface area (Å²) >= 11 is 10.9. The van der Waals surface area contributed by atoms with E-state index in [1.54, 1.807) is 6.07 Å². The van der Waals surface area contributed by atoms with Crippen molar-refractivity contribution in [1.82, 2.24) is 0 Å². The van der Waals surface area contributed by atoms with Crippen molar-refractivity contribution < 1.29 is 9.84 Å². The van der Waals surface area contributed by atoms with E-state index in [4.69, 9.17) is 16.3 Å². The molecule has 0 bridgehead atoms. The van der Waals surface area contributed by atoms with Gasteiger partial charge in [0.05, 0.1) is 16.5 Å². The van der Waals surface area contributed by atoms with Crippen molar-refractivity contribution in [2.24, 2.45) is 0 Å². The molecule has 0 saturated carbocycles. The monoisotopic (exact) mass is 346 g/mol. The Morgan fingerprint density at radius 3 is 2.78 bits per heavy atom. The Morgan fingerprint density at radius 1 is 1.44 bits per heavy atom. The average Bonchev–Trinajstić information content (AvgIpc) is 2.75. The van der Waals surface area contributed by atoms with Crippen LogP contribution in [0.25, 0.3) is 0 Å². The Kier molecular flexibility index (Phi) is 4.67. The van der Waals surface area contributed by atoms with Crippen LogP contribution in [0.2, 0.25) is 5.02 Å². The molecule has 1 aromatic carbocycles. The lowest BCUT2D eigenvalue weighted by molar-refractivity contribution is 0.223. The van der Waals surface area contributed by atoms with E-state index in [0.717, 1.165) is 20.7 Å². The van der Waals surface area contributed by atoms with Crippen LogP contribution in [0.4, 0.5) is 0 Å². The standard InChI is InChI=1S/C13H12BrClO2S/c1-2-17-8-3-4-9(10(14)7-8)12(16)13-11(15)5-6-18-13/h3-7,12,16H,2H2,1H3. The minimum absolute atomic E-state index is 0.591. The molecule has 0 saturated heterocycles. The van der Waals surface area contributed by atoms with Gasteiger partial charge in [-0.15, -0.1) is 11.3 Å². The maximum absolute atomic E-state index is 10.3. The summed E-state index contributed by atoms with van der Waals surface area (Å²) in [5, 5.41) is 12.8. The lowest BCUT2D eigenvalue weighted by atomic mass is 10.1. The molecule has 0 spiro atoms. The predicted octanol–water partition coefficient (Wildman–Crippen LogP) is 4.64. The summed E-state index contributed by atoms with van der Waals surface area (Å²) in [6.45, 7) is 2.55. The second kappa shape index (κ2) is 6.06. The van der Waals surface area contributed by atoms with Gasteiger partial charge in [-0.2, -0.15) is 0 Å². The fourth-order valence-electron chi connectivity index (χ4n) is 1.63. The molecule has 0 aliphatic rings. The zero-order chi connectivity index (χ0) is 13.1. The van der Waals surface area contributed by atoms with Crippen LogP contribution in [0.1, 0.15) is 23.5 Å². The minimum atomic E-state index is -0.720. The summed E-state index contributed by atoms with van der Waals surface area (Å²) in [4.78, 5) is 0.751. The van der Waals surface area contributed by atoms with E-state index in [1.807, 2.05) is 30.5 Å². The topological polar surface area (TPSA) is 29.5 Å². The van der Waals surface area contributed by atoms with Gasteiger partial charge in [-0.25, -0.2) is 0 Å². The molecule has 2 aromatic rings. The fraction of sp³-hybridized carbons (Fsp3) is 0.231. The zero-order valence-electron chi connectivity index (χ0n) is 9.69. The largest absolute Gasteiger partial charge is 0.494 e. The molecule has 2 rings (SSSR count). The highest BCUT2D eigenvalue weighted by Crippen LogP contribution is 2.36. The summed E-state index contributed by atoms with van der Waals surface area (Å²) in [5.41, 5.74) is 0.780. The van der Waals surface area contributed by atoms with Crippen molar-refractivity contribution in [2.45, 2.75) is 13.0 Å². The van der Waals surface area contributed by atoms with Crippen molar-refractivity contribution in [1.29, 1.82) is 0 Å². The molecule has 18 heavy (non-hydrogen) atoms. The van der Waals surface area contributed by atoms with Crippen molar-refractivity contribution in [3.8, 4) is 5.75 Å². The number of hydrogen-bond donors (Lipinski definition) is 1. The van der Waals surface area contributed by atoms with Gasteiger partial charge in [0.2, 0.25) is 0 Å². The van der Waals surface area contributed by atoms with E-state index in [9.17, 15) is 5.11 Å². The van der Waals surface area contributed by atoms with Gasteiger partial charge in [0.25, 0.3) is 0 Å². The van der Waals surface area contributed by atoms with Crippen LogP contribution in [0, 0.1) is 0 Å². The van der Waals surface area contributed by atoms with Gasteiger partial charge in [0.15, 0.2) is 0 Å². The van der Waals surface area contributed by atoms with Gasteiger partial charge in [0.1, 0.15) is 11.9 Å². The van der Waals surface area contributed by atoms with E-state index in [-0.39, 0.29) is 0 Å². The predicted molar refractivity (Wildman–Crippen MR) is 78.7 cm³/mol. The summed E-state index contributed by atoms with van der Waals surface area (Å²) in [7, 11) is 0. The number of ether oxygens (including phenoxy) is 1. The lowest BCUT2D eigenvalue weighted by Gasteiger charge is -2.13. The molecule has 5 heteroatoms. The first-order chi connectivity index (χ1) is 8.63. The van der Waals surface area contributed by atoms with Crippen molar-refractivity contribution in [3.63, 3.8) is 0 Å². The quantitative estimate of drug-likeness (QED) is 0.872. The van der Waals surface area contributed by atoms with Crippen LogP contribution in [-0.2, 0) is 0 Å². The van der Waals surface area contributed by atoms with E-state index < -0.39 is 6.10 Å². The highest BCUT2D eigenvalue weighted by molar-refractivity contribution is 9.10. The number of thiophene rings is 1. The van der Waals surface area contributed by atoms with Gasteiger partial charge in [-0.05, 0) is 30.5 Å². The van der Waals surface area contributed by atoms with E-state index in [2.05, 4.69) is 15.9 Å². The molecule has 0 aliphatic carbocycles. The van der Waals surface area contributed by atoms with E-state index in [1.165, 1.54) is 11.3 Å². The molecule has 0 fully saturated rings. The summed E-state index contributed by atoms with van der Waals surface area (Å²) in [6.07, 6.45) is -0.720. The Balaban J connectivity index is 2.31. The first-order valence-corrected chi connectivity index (χ1v) is 7.51. The number of halogens is 2. The van der Waals surface area contributed by atoms with Crippen LogP contribution in [0.15, 0.2) is 34.1 Å². The smallest absolute Gasteiger partial charge is 0.120 e. The second-order valence-electron chi connectivity index (χ2n) is 3.65. The molecule has 96 valence electrons. The van der Waals surface area contributed by atoms with E-state index in [0.29, 0.717) is 11.6 Å². The first kappa shape index (κ1) is 13.9. The number of aliphatic hydroxyl groups is 1. The van der Waals surface area contributed by atoms with Crippen LogP contribution in [0.5, 0.6) is 5.75 Å². The number of benzene rings is 1. The Bertz CT molecular complexity index is 542. The molecule has 0 radical (unpaired) electrons. The Hall–Kier alpha value is -0.550. The Morgan fingerprint density at radius 2 is 2.22 bits per heavy atom. The van der Waals surface area contributed by atoms with Gasteiger partial charge >= 0.3 is 0 Å². The highest BCUT2D eigenvalue weighted by Gasteiger charge is 2.18. The normalized spacial score (nSPS) is 12.4.